The van der Waals surface area contributed by atoms with Gasteiger partial charge in [-0.05, 0) is 31.5 Å². The number of carbonyl (C=O) groups is 1. The van der Waals surface area contributed by atoms with Gasteiger partial charge in [-0.1, -0.05) is 6.07 Å². The Morgan fingerprint density at radius 3 is 2.84 bits per heavy atom. The summed E-state index contributed by atoms with van der Waals surface area (Å²) >= 11 is 5.82. The van der Waals surface area contributed by atoms with Gasteiger partial charge in [-0.15, -0.1) is 11.6 Å². The van der Waals surface area contributed by atoms with Crippen LogP contribution in [0.15, 0.2) is 28.7 Å². The second-order valence-corrected chi connectivity index (χ2v) is 5.32. The van der Waals surface area contributed by atoms with Gasteiger partial charge in [-0.25, -0.2) is 9.78 Å². The summed E-state index contributed by atoms with van der Waals surface area (Å²) in [6, 6.07) is 5.49. The van der Waals surface area contributed by atoms with E-state index in [1.54, 1.807) is 27.0 Å². The summed E-state index contributed by atoms with van der Waals surface area (Å²) in [5.74, 6) is 2.06. The van der Waals surface area contributed by atoms with Crippen molar-refractivity contribution in [2.24, 2.45) is 0 Å². The number of aryl methyl sites for hydroxylation is 1. The number of halogens is 1. The van der Waals surface area contributed by atoms with Crippen LogP contribution >= 0.6 is 11.6 Å². The number of rotatable bonds is 8. The van der Waals surface area contributed by atoms with E-state index < -0.39 is 5.97 Å². The van der Waals surface area contributed by atoms with Gasteiger partial charge in [0.15, 0.2) is 11.5 Å². The summed E-state index contributed by atoms with van der Waals surface area (Å²) in [5, 5.41) is 0. The molecule has 7 heteroatoms. The number of aromatic nitrogens is 1. The minimum absolute atomic E-state index is 0.208. The van der Waals surface area contributed by atoms with E-state index in [1.807, 2.05) is 12.1 Å². The predicted molar refractivity (Wildman–Crippen MR) is 93.8 cm³/mol. The molecule has 0 amide bonds. The van der Waals surface area contributed by atoms with Crippen LogP contribution in [0.2, 0.25) is 0 Å². The van der Waals surface area contributed by atoms with Crippen molar-refractivity contribution >= 4 is 23.6 Å². The Hall–Kier alpha value is -2.47. The van der Waals surface area contributed by atoms with E-state index in [0.717, 1.165) is 5.56 Å². The highest BCUT2D eigenvalue weighted by molar-refractivity contribution is 6.17. The summed E-state index contributed by atoms with van der Waals surface area (Å²) in [6.07, 6.45) is 2.73. The van der Waals surface area contributed by atoms with Crippen LogP contribution in [0.1, 0.15) is 29.8 Å². The third kappa shape index (κ3) is 5.26. The first kappa shape index (κ1) is 18.9. The zero-order valence-corrected chi connectivity index (χ0v) is 15.1. The van der Waals surface area contributed by atoms with Crippen LogP contribution in [0.5, 0.6) is 11.5 Å². The van der Waals surface area contributed by atoms with Crippen molar-refractivity contribution in [2.45, 2.75) is 26.3 Å². The topological polar surface area (TPSA) is 70.8 Å². The molecule has 2 aromatic rings. The molecule has 0 atom stereocenters. The lowest BCUT2D eigenvalue weighted by Crippen LogP contribution is -2.00. The molecule has 25 heavy (non-hydrogen) atoms. The van der Waals surface area contributed by atoms with Crippen LogP contribution < -0.4 is 9.47 Å². The number of esters is 1. The van der Waals surface area contributed by atoms with Crippen LogP contribution in [0.25, 0.3) is 6.08 Å². The van der Waals surface area contributed by atoms with Gasteiger partial charge in [0.2, 0.25) is 5.89 Å². The van der Waals surface area contributed by atoms with E-state index >= 15 is 0 Å². The number of nitrogens with zero attached hydrogens (tertiary/aromatic N) is 1. The predicted octanol–water partition coefficient (Wildman–Crippen LogP) is 3.89. The van der Waals surface area contributed by atoms with E-state index in [4.69, 9.17) is 30.2 Å². The van der Waals surface area contributed by atoms with Crippen molar-refractivity contribution in [3.63, 3.8) is 0 Å². The first-order chi connectivity index (χ1) is 12.1. The van der Waals surface area contributed by atoms with E-state index in [1.165, 1.54) is 12.2 Å². The van der Waals surface area contributed by atoms with E-state index in [9.17, 15) is 4.79 Å². The molecule has 0 bridgehead atoms. The fourth-order valence-electron chi connectivity index (χ4n) is 2.05. The van der Waals surface area contributed by atoms with Gasteiger partial charge in [-0.2, -0.15) is 0 Å². The molecule has 0 unspecified atom stereocenters. The van der Waals surface area contributed by atoms with Gasteiger partial charge < -0.3 is 18.6 Å². The van der Waals surface area contributed by atoms with Crippen LogP contribution in [0, 0.1) is 6.92 Å². The SMILES string of the molecule is CCOC(=O)C=Cc1nc(COc2ccc(CCl)cc2OC)c(C)o1. The lowest BCUT2D eigenvalue weighted by Gasteiger charge is -2.10. The number of methoxy groups -OCH3 is 1. The third-order valence-electron chi connectivity index (χ3n) is 3.30. The summed E-state index contributed by atoms with van der Waals surface area (Å²) in [6.45, 7) is 4.04. The van der Waals surface area contributed by atoms with Gasteiger partial charge in [0.1, 0.15) is 18.1 Å². The molecule has 0 N–H and O–H groups in total. The number of carbonyl (C=O) groups excluding carboxylic acids is 1. The number of benzene rings is 1. The quantitative estimate of drug-likeness (QED) is 0.401. The molecule has 1 heterocycles. The molecule has 134 valence electrons. The molecule has 6 nitrogen and oxygen atoms in total. The number of oxazole rings is 1. The zero-order valence-electron chi connectivity index (χ0n) is 14.4. The van der Waals surface area contributed by atoms with Gasteiger partial charge >= 0.3 is 5.97 Å². The molecule has 0 saturated heterocycles. The van der Waals surface area contributed by atoms with Crippen molar-refractivity contribution in [2.75, 3.05) is 13.7 Å². The highest BCUT2D eigenvalue weighted by Gasteiger charge is 2.11. The first-order valence-corrected chi connectivity index (χ1v) is 8.27. The molecule has 0 fully saturated rings. The minimum Gasteiger partial charge on any atom is -0.493 e. The smallest absolute Gasteiger partial charge is 0.330 e. The Kier molecular flexibility index (Phi) is 6.89. The molecule has 2 rings (SSSR count). The normalized spacial score (nSPS) is 10.9. The Bertz CT molecular complexity index is 754. The van der Waals surface area contributed by atoms with Crippen LogP contribution in [-0.2, 0) is 22.0 Å². The van der Waals surface area contributed by atoms with E-state index in [0.29, 0.717) is 41.3 Å². The fraction of sp³-hybridized carbons (Fsp3) is 0.333. The summed E-state index contributed by atoms with van der Waals surface area (Å²) in [5.41, 5.74) is 1.57. The van der Waals surface area contributed by atoms with Gasteiger partial charge in [0.05, 0.1) is 13.7 Å². The average Bonchev–Trinajstić information content (AvgIpc) is 2.98. The van der Waals surface area contributed by atoms with Crippen molar-refractivity contribution in [3.8, 4) is 11.5 Å². The molecular formula is C18H20ClNO5. The van der Waals surface area contributed by atoms with Gasteiger partial charge in [0.25, 0.3) is 0 Å². The molecular weight excluding hydrogens is 346 g/mol. The molecule has 0 radical (unpaired) electrons. The summed E-state index contributed by atoms with van der Waals surface area (Å²) in [4.78, 5) is 15.6. The van der Waals surface area contributed by atoms with Crippen LogP contribution in [0.3, 0.4) is 0 Å². The highest BCUT2D eigenvalue weighted by Crippen LogP contribution is 2.29. The molecule has 0 saturated carbocycles. The average molecular weight is 366 g/mol. The maximum Gasteiger partial charge on any atom is 0.330 e. The first-order valence-electron chi connectivity index (χ1n) is 7.74. The molecule has 0 aliphatic heterocycles. The number of hydrogen-bond donors (Lipinski definition) is 0. The minimum atomic E-state index is -0.444. The second kappa shape index (κ2) is 9.13. The lowest BCUT2D eigenvalue weighted by molar-refractivity contribution is -0.137. The number of hydrogen-bond acceptors (Lipinski definition) is 6. The molecule has 1 aromatic heterocycles. The van der Waals surface area contributed by atoms with Crippen molar-refractivity contribution in [3.05, 3.63) is 47.2 Å². The highest BCUT2D eigenvalue weighted by atomic mass is 35.5. The fourth-order valence-corrected chi connectivity index (χ4v) is 2.21. The van der Waals surface area contributed by atoms with Gasteiger partial charge in [0, 0.05) is 18.0 Å². The summed E-state index contributed by atoms with van der Waals surface area (Å²) < 4.78 is 21.4. The van der Waals surface area contributed by atoms with Crippen molar-refractivity contribution in [1.29, 1.82) is 0 Å². The maximum atomic E-state index is 11.3. The monoisotopic (exact) mass is 365 g/mol. The van der Waals surface area contributed by atoms with Crippen LogP contribution in [-0.4, -0.2) is 24.7 Å². The number of alkyl halides is 1. The third-order valence-corrected chi connectivity index (χ3v) is 3.61. The number of ether oxygens (including phenoxy) is 3. The van der Waals surface area contributed by atoms with Gasteiger partial charge in [-0.3, -0.25) is 0 Å². The molecule has 0 spiro atoms. The Morgan fingerprint density at radius 2 is 2.16 bits per heavy atom. The largest absolute Gasteiger partial charge is 0.493 e. The molecule has 0 aliphatic rings. The lowest BCUT2D eigenvalue weighted by atomic mass is 10.2. The Morgan fingerprint density at radius 1 is 1.36 bits per heavy atom. The molecule has 0 aliphatic carbocycles. The van der Waals surface area contributed by atoms with Crippen molar-refractivity contribution in [1.82, 2.24) is 4.98 Å². The molecule has 1 aromatic carbocycles. The van der Waals surface area contributed by atoms with Crippen LogP contribution in [0.4, 0.5) is 0 Å². The maximum absolute atomic E-state index is 11.3. The standard InChI is InChI=1S/C18H20ClNO5/c1-4-23-18(21)8-7-17-20-14(12(2)25-17)11-24-15-6-5-13(10-19)9-16(15)22-3/h5-9H,4,10-11H2,1-3H3. The van der Waals surface area contributed by atoms with E-state index in [2.05, 4.69) is 4.98 Å². The summed E-state index contributed by atoms with van der Waals surface area (Å²) in [7, 11) is 1.57. The second-order valence-electron chi connectivity index (χ2n) is 5.05. The zero-order chi connectivity index (χ0) is 18.2. The van der Waals surface area contributed by atoms with E-state index in [-0.39, 0.29) is 6.61 Å². The van der Waals surface area contributed by atoms with Crippen molar-refractivity contribution < 1.29 is 23.4 Å². The Labute approximate surface area is 151 Å². The Balaban J connectivity index is 2.05.